The minimum atomic E-state index is -0.971. The van der Waals surface area contributed by atoms with E-state index in [-0.39, 0.29) is 42.6 Å². The third kappa shape index (κ3) is 2.66. The predicted octanol–water partition coefficient (Wildman–Crippen LogP) is 0.238. The monoisotopic (exact) mass is 358 g/mol. The zero-order chi connectivity index (χ0) is 18.4. The van der Waals surface area contributed by atoms with Crippen molar-refractivity contribution in [1.82, 2.24) is 10.2 Å². The number of amides is 4. The second kappa shape index (κ2) is 6.21. The van der Waals surface area contributed by atoms with Crippen LogP contribution in [0.25, 0.3) is 0 Å². The van der Waals surface area contributed by atoms with Gasteiger partial charge >= 0.3 is 0 Å². The van der Waals surface area contributed by atoms with Crippen LogP contribution in [-0.2, 0) is 9.59 Å². The molecule has 4 rings (SSSR count). The third-order valence-corrected chi connectivity index (χ3v) is 5.16. The number of imide groups is 2. The number of rotatable bonds is 4. The summed E-state index contributed by atoms with van der Waals surface area (Å²) < 4.78 is 5.79. The van der Waals surface area contributed by atoms with Crippen molar-refractivity contribution in [2.75, 3.05) is 6.61 Å². The van der Waals surface area contributed by atoms with Crippen LogP contribution < -0.4 is 10.1 Å². The summed E-state index contributed by atoms with van der Waals surface area (Å²) in [5.41, 5.74) is 0.434. The maximum atomic E-state index is 12.7. The molecule has 0 spiro atoms. The smallest absolute Gasteiger partial charge is 0.262 e. The lowest BCUT2D eigenvalue weighted by atomic mass is 9.83. The number of nitrogens with one attached hydrogen (secondary N) is 1. The van der Waals surface area contributed by atoms with Crippen LogP contribution in [0.1, 0.15) is 46.4 Å². The Labute approximate surface area is 149 Å². The normalized spacial score (nSPS) is 27.9. The molecule has 136 valence electrons. The van der Waals surface area contributed by atoms with Crippen molar-refractivity contribution in [3.8, 4) is 5.75 Å². The second-order valence-corrected chi connectivity index (χ2v) is 6.91. The summed E-state index contributed by atoms with van der Waals surface area (Å²) in [6, 6.07) is 3.71. The molecule has 8 heteroatoms. The van der Waals surface area contributed by atoms with E-state index in [4.69, 9.17) is 9.84 Å². The second-order valence-electron chi connectivity index (χ2n) is 6.91. The summed E-state index contributed by atoms with van der Waals surface area (Å²) in [4.78, 5) is 49.5. The van der Waals surface area contributed by atoms with Crippen LogP contribution in [0, 0.1) is 5.92 Å². The predicted molar refractivity (Wildman–Crippen MR) is 87.3 cm³/mol. The van der Waals surface area contributed by atoms with Crippen LogP contribution in [0.3, 0.4) is 0 Å². The molecule has 2 N–H and O–H groups in total. The first kappa shape index (κ1) is 16.7. The van der Waals surface area contributed by atoms with E-state index >= 15 is 0 Å². The summed E-state index contributed by atoms with van der Waals surface area (Å²) in [6.45, 7) is 0.137. The van der Waals surface area contributed by atoms with Crippen LogP contribution in [-0.4, -0.2) is 52.4 Å². The van der Waals surface area contributed by atoms with E-state index in [1.54, 1.807) is 6.07 Å². The Morgan fingerprint density at radius 2 is 1.85 bits per heavy atom. The summed E-state index contributed by atoms with van der Waals surface area (Å²) in [5.74, 6) is -1.38. The summed E-state index contributed by atoms with van der Waals surface area (Å²) in [7, 11) is 0. The molecule has 1 saturated heterocycles. The Balaban J connectivity index is 1.53. The Kier molecular flexibility index (Phi) is 3.99. The summed E-state index contributed by atoms with van der Waals surface area (Å²) in [5, 5.41) is 11.2. The fraction of sp³-hybridized carbons (Fsp3) is 0.444. The first-order chi connectivity index (χ1) is 12.5. The highest BCUT2D eigenvalue weighted by molar-refractivity contribution is 6.23. The quantitative estimate of drug-likeness (QED) is 0.746. The van der Waals surface area contributed by atoms with E-state index in [1.165, 1.54) is 12.1 Å². The molecule has 0 radical (unpaired) electrons. The van der Waals surface area contributed by atoms with Crippen molar-refractivity contribution in [3.63, 3.8) is 0 Å². The molecular formula is C18H18N2O6. The molecule has 0 bridgehead atoms. The number of hydrogen-bond donors (Lipinski definition) is 2. The molecule has 26 heavy (non-hydrogen) atoms. The minimum absolute atomic E-state index is 0.0105. The van der Waals surface area contributed by atoms with Crippen LogP contribution >= 0.6 is 0 Å². The van der Waals surface area contributed by atoms with Gasteiger partial charge < -0.3 is 9.84 Å². The van der Waals surface area contributed by atoms with Gasteiger partial charge in [0.2, 0.25) is 11.8 Å². The fourth-order valence-electron chi connectivity index (χ4n) is 3.64. The lowest BCUT2D eigenvalue weighted by Crippen LogP contribution is -2.54. The highest BCUT2D eigenvalue weighted by atomic mass is 16.5. The number of carbonyl (C=O) groups is 4. The van der Waals surface area contributed by atoms with Crippen molar-refractivity contribution in [2.45, 2.75) is 37.8 Å². The average molecular weight is 358 g/mol. The zero-order valence-corrected chi connectivity index (χ0v) is 13.9. The Morgan fingerprint density at radius 3 is 2.54 bits per heavy atom. The van der Waals surface area contributed by atoms with Crippen molar-refractivity contribution >= 4 is 23.6 Å². The Hall–Kier alpha value is -2.74. The number of benzene rings is 1. The Bertz CT molecular complexity index is 814. The van der Waals surface area contributed by atoms with Gasteiger partial charge in [-0.15, -0.1) is 0 Å². The summed E-state index contributed by atoms with van der Waals surface area (Å²) >= 11 is 0. The molecule has 1 aromatic carbocycles. The average Bonchev–Trinajstić information content (AvgIpc) is 2.82. The van der Waals surface area contributed by atoms with Crippen molar-refractivity contribution < 1.29 is 29.0 Å². The van der Waals surface area contributed by atoms with E-state index in [0.717, 1.165) is 17.7 Å². The largest absolute Gasteiger partial charge is 0.490 e. The highest BCUT2D eigenvalue weighted by Gasteiger charge is 2.44. The van der Waals surface area contributed by atoms with Gasteiger partial charge in [-0.25, -0.2) is 0 Å². The number of nitrogens with zero attached hydrogens (tertiary/aromatic N) is 1. The van der Waals surface area contributed by atoms with E-state index in [1.807, 2.05) is 0 Å². The van der Waals surface area contributed by atoms with Crippen LogP contribution in [0.15, 0.2) is 18.2 Å². The van der Waals surface area contributed by atoms with Gasteiger partial charge in [0.25, 0.3) is 11.8 Å². The number of fused-ring (bicyclic) bond motifs is 1. The molecule has 1 atom stereocenters. The molecule has 0 aromatic heterocycles. The van der Waals surface area contributed by atoms with Gasteiger partial charge in [0, 0.05) is 13.0 Å². The zero-order valence-electron chi connectivity index (χ0n) is 13.9. The first-order valence-corrected chi connectivity index (χ1v) is 8.61. The lowest BCUT2D eigenvalue weighted by molar-refractivity contribution is -0.136. The maximum Gasteiger partial charge on any atom is 0.262 e. The fourth-order valence-corrected chi connectivity index (χ4v) is 3.64. The van der Waals surface area contributed by atoms with Crippen LogP contribution in [0.5, 0.6) is 5.75 Å². The van der Waals surface area contributed by atoms with Crippen LogP contribution in [0.2, 0.25) is 0 Å². The molecule has 3 aliphatic rings. The molecule has 2 fully saturated rings. The molecule has 4 amide bonds. The van der Waals surface area contributed by atoms with Gasteiger partial charge in [0.15, 0.2) is 0 Å². The van der Waals surface area contributed by atoms with Crippen LogP contribution in [0.4, 0.5) is 0 Å². The molecule has 1 aliphatic carbocycles. The van der Waals surface area contributed by atoms with Crippen molar-refractivity contribution in [3.05, 3.63) is 29.3 Å². The van der Waals surface area contributed by atoms with Gasteiger partial charge in [-0.05, 0) is 43.4 Å². The van der Waals surface area contributed by atoms with Gasteiger partial charge in [0.05, 0.1) is 17.2 Å². The Morgan fingerprint density at radius 1 is 1.12 bits per heavy atom. The molecule has 1 aromatic rings. The van der Waals surface area contributed by atoms with Gasteiger partial charge in [-0.2, -0.15) is 0 Å². The van der Waals surface area contributed by atoms with E-state index in [2.05, 4.69) is 5.32 Å². The molecule has 8 nitrogen and oxygen atoms in total. The van der Waals surface area contributed by atoms with Crippen molar-refractivity contribution in [2.24, 2.45) is 5.92 Å². The van der Waals surface area contributed by atoms with Gasteiger partial charge in [0.1, 0.15) is 11.8 Å². The SMILES string of the molecule is O=C1CCC(N2C(=O)c3ccc(OC4CC(CO)C4)cc3C2=O)C(=O)N1. The van der Waals surface area contributed by atoms with Crippen molar-refractivity contribution in [1.29, 1.82) is 0 Å². The molecule has 2 aliphatic heterocycles. The van der Waals surface area contributed by atoms with E-state index < -0.39 is 29.7 Å². The van der Waals surface area contributed by atoms with Gasteiger partial charge in [-0.1, -0.05) is 0 Å². The maximum absolute atomic E-state index is 12.7. The molecule has 2 heterocycles. The number of piperidine rings is 1. The number of hydrogen-bond acceptors (Lipinski definition) is 6. The minimum Gasteiger partial charge on any atom is -0.490 e. The number of ether oxygens (including phenoxy) is 1. The van der Waals surface area contributed by atoms with E-state index in [0.29, 0.717) is 5.75 Å². The number of aliphatic hydroxyl groups is 1. The van der Waals surface area contributed by atoms with Gasteiger partial charge in [-0.3, -0.25) is 29.4 Å². The highest BCUT2D eigenvalue weighted by Crippen LogP contribution is 2.34. The lowest BCUT2D eigenvalue weighted by Gasteiger charge is -2.34. The molecular weight excluding hydrogens is 340 g/mol. The third-order valence-electron chi connectivity index (χ3n) is 5.16. The van der Waals surface area contributed by atoms with E-state index in [9.17, 15) is 19.2 Å². The standard InChI is InChI=1S/C18H18N2O6/c21-8-9-5-11(6-9)26-10-1-2-12-13(7-10)18(25)20(17(12)24)14-3-4-15(22)19-16(14)23/h1-2,7,9,11,14,21H,3-6,8H2,(H,19,22,23). The number of aliphatic hydroxyl groups excluding tert-OH is 1. The molecule has 1 saturated carbocycles. The number of carbonyl (C=O) groups excluding carboxylic acids is 4. The first-order valence-electron chi connectivity index (χ1n) is 8.61. The topological polar surface area (TPSA) is 113 Å². The summed E-state index contributed by atoms with van der Waals surface area (Å²) in [6.07, 6.45) is 1.71. The molecule has 1 unspecified atom stereocenters.